The summed E-state index contributed by atoms with van der Waals surface area (Å²) >= 11 is 0.709. The van der Waals surface area contributed by atoms with E-state index in [-0.39, 0.29) is 39.2 Å². The maximum absolute atomic E-state index is 12.5. The lowest BCUT2D eigenvalue weighted by Crippen LogP contribution is -2.17. The van der Waals surface area contributed by atoms with Crippen molar-refractivity contribution in [2.45, 2.75) is 25.1 Å². The lowest BCUT2D eigenvalue weighted by atomic mass is 10.2. The van der Waals surface area contributed by atoms with Gasteiger partial charge in [-0.15, -0.1) is 10.2 Å². The van der Waals surface area contributed by atoms with Gasteiger partial charge in [0.1, 0.15) is 0 Å². The van der Waals surface area contributed by atoms with Gasteiger partial charge in [-0.05, 0) is 19.1 Å². The van der Waals surface area contributed by atoms with Crippen LogP contribution in [-0.2, 0) is 19.6 Å². The molecule has 26 heavy (non-hydrogen) atoms. The highest BCUT2D eigenvalue weighted by molar-refractivity contribution is 7.94. The molecule has 2 rings (SSSR count). The molecule has 0 bridgehead atoms. The minimum absolute atomic E-state index is 0.0638. The maximum atomic E-state index is 12.5. The van der Waals surface area contributed by atoms with E-state index in [1.165, 1.54) is 12.1 Å². The number of sulfonamides is 1. The molecule has 0 atom stereocenters. The van der Waals surface area contributed by atoms with E-state index in [0.29, 0.717) is 11.3 Å². The molecule has 0 radical (unpaired) electrons. The number of benzene rings is 1. The van der Waals surface area contributed by atoms with Crippen LogP contribution >= 0.6 is 11.3 Å². The molecule has 11 heteroatoms. The zero-order valence-electron chi connectivity index (χ0n) is 14.3. The van der Waals surface area contributed by atoms with Gasteiger partial charge in [-0.2, -0.15) is 8.42 Å². The van der Waals surface area contributed by atoms with E-state index in [0.717, 1.165) is 0 Å². The fourth-order valence-corrected chi connectivity index (χ4v) is 3.75. The summed E-state index contributed by atoms with van der Waals surface area (Å²) in [6.07, 6.45) is 0. The average Bonchev–Trinajstić information content (AvgIpc) is 3.04. The van der Waals surface area contributed by atoms with Crippen LogP contribution in [0.1, 0.15) is 31.1 Å². The Morgan fingerprint density at radius 1 is 1.23 bits per heavy atom. The van der Waals surface area contributed by atoms with Crippen LogP contribution < -0.4 is 10.0 Å². The summed E-state index contributed by atoms with van der Waals surface area (Å²) in [4.78, 5) is 23.6. The second-order valence-corrected chi connectivity index (χ2v) is 8.22. The molecular formula is C15H18N4O5S2. The third-order valence-electron chi connectivity index (χ3n) is 3.06. The zero-order chi connectivity index (χ0) is 19.3. The summed E-state index contributed by atoms with van der Waals surface area (Å²) in [6.45, 7) is 5.21. The number of ether oxygens (including phenoxy) is 1. The van der Waals surface area contributed by atoms with Crippen LogP contribution in [0.2, 0.25) is 0 Å². The van der Waals surface area contributed by atoms with Gasteiger partial charge in [0.15, 0.2) is 0 Å². The second kappa shape index (κ2) is 8.23. The van der Waals surface area contributed by atoms with Gasteiger partial charge in [-0.3, -0.25) is 9.52 Å². The number of rotatable bonds is 7. The van der Waals surface area contributed by atoms with Gasteiger partial charge in [0.2, 0.25) is 11.0 Å². The van der Waals surface area contributed by atoms with Crippen molar-refractivity contribution in [3.05, 3.63) is 29.8 Å². The lowest BCUT2D eigenvalue weighted by molar-refractivity contribution is -0.118. The number of aromatic nitrogens is 2. The molecule has 0 fully saturated rings. The molecule has 0 aliphatic heterocycles. The number of amides is 1. The first-order chi connectivity index (χ1) is 12.2. The molecule has 1 amide bonds. The standard InChI is InChI=1S/C15H18N4O5S2/c1-4-24-13(21)10-7-5-6-8-11(10)19-26(22,23)15-18-17-14(25-15)16-12(20)9(2)3/h5-9,19H,4H2,1-3H3,(H,16,17,20). The zero-order valence-corrected chi connectivity index (χ0v) is 16.0. The maximum Gasteiger partial charge on any atom is 0.340 e. The minimum atomic E-state index is -4.08. The summed E-state index contributed by atoms with van der Waals surface area (Å²) < 4.78 is 31.9. The fourth-order valence-electron chi connectivity index (χ4n) is 1.77. The highest BCUT2D eigenvalue weighted by Gasteiger charge is 2.24. The quantitative estimate of drug-likeness (QED) is 0.540. The summed E-state index contributed by atoms with van der Waals surface area (Å²) in [5.41, 5.74) is 0.143. The van der Waals surface area contributed by atoms with E-state index in [2.05, 4.69) is 20.2 Å². The van der Waals surface area contributed by atoms with Crippen molar-refractivity contribution in [3.63, 3.8) is 0 Å². The Labute approximate surface area is 154 Å². The smallest absolute Gasteiger partial charge is 0.340 e. The van der Waals surface area contributed by atoms with Crippen molar-refractivity contribution in [1.29, 1.82) is 0 Å². The fraction of sp³-hybridized carbons (Fsp3) is 0.333. The molecule has 0 aliphatic rings. The molecule has 9 nitrogen and oxygen atoms in total. The third kappa shape index (κ3) is 4.76. The molecule has 0 unspecified atom stereocenters. The number of esters is 1. The van der Waals surface area contributed by atoms with E-state index in [4.69, 9.17) is 4.74 Å². The highest BCUT2D eigenvalue weighted by atomic mass is 32.2. The van der Waals surface area contributed by atoms with Crippen molar-refractivity contribution < 1.29 is 22.7 Å². The van der Waals surface area contributed by atoms with E-state index in [9.17, 15) is 18.0 Å². The van der Waals surface area contributed by atoms with Crippen LogP contribution in [0.5, 0.6) is 0 Å². The molecule has 0 spiro atoms. The van der Waals surface area contributed by atoms with Gasteiger partial charge in [-0.1, -0.05) is 37.3 Å². The monoisotopic (exact) mass is 398 g/mol. The number of anilines is 2. The molecular weight excluding hydrogens is 380 g/mol. The van der Waals surface area contributed by atoms with Crippen molar-refractivity contribution in [2.75, 3.05) is 16.6 Å². The van der Waals surface area contributed by atoms with Crippen LogP contribution in [-0.4, -0.2) is 37.1 Å². The molecule has 1 aromatic carbocycles. The second-order valence-electron chi connectivity index (χ2n) is 5.39. The highest BCUT2D eigenvalue weighted by Crippen LogP contribution is 2.25. The van der Waals surface area contributed by atoms with Crippen molar-refractivity contribution >= 4 is 44.1 Å². The number of nitrogens with zero attached hydrogens (tertiary/aromatic N) is 2. The number of para-hydroxylation sites is 1. The molecule has 0 aliphatic carbocycles. The Morgan fingerprint density at radius 2 is 1.92 bits per heavy atom. The van der Waals surface area contributed by atoms with Crippen LogP contribution in [0, 0.1) is 5.92 Å². The number of carbonyl (C=O) groups excluding carboxylic acids is 2. The van der Waals surface area contributed by atoms with Crippen LogP contribution in [0.25, 0.3) is 0 Å². The summed E-state index contributed by atoms with van der Waals surface area (Å²) in [5.74, 6) is -1.23. The largest absolute Gasteiger partial charge is 0.462 e. The third-order valence-corrected chi connectivity index (χ3v) is 5.63. The van der Waals surface area contributed by atoms with Crippen molar-refractivity contribution in [3.8, 4) is 0 Å². The first-order valence-corrected chi connectivity index (χ1v) is 9.98. The first kappa shape index (κ1) is 19.8. The summed E-state index contributed by atoms with van der Waals surface area (Å²) in [7, 11) is -4.08. The molecule has 1 heterocycles. The summed E-state index contributed by atoms with van der Waals surface area (Å²) in [6, 6.07) is 6.06. The van der Waals surface area contributed by atoms with E-state index >= 15 is 0 Å². The lowest BCUT2D eigenvalue weighted by Gasteiger charge is -2.10. The first-order valence-electron chi connectivity index (χ1n) is 7.68. The number of nitrogens with one attached hydrogen (secondary N) is 2. The van der Waals surface area contributed by atoms with Crippen LogP contribution in [0.15, 0.2) is 28.6 Å². The Hall–Kier alpha value is -2.53. The van der Waals surface area contributed by atoms with Gasteiger partial charge in [-0.25, -0.2) is 4.79 Å². The molecule has 1 aromatic heterocycles. The topological polar surface area (TPSA) is 127 Å². The Balaban J connectivity index is 2.24. The number of hydrogen-bond donors (Lipinski definition) is 2. The van der Waals surface area contributed by atoms with Gasteiger partial charge in [0, 0.05) is 5.92 Å². The molecule has 140 valence electrons. The van der Waals surface area contributed by atoms with Gasteiger partial charge < -0.3 is 10.1 Å². The SMILES string of the molecule is CCOC(=O)c1ccccc1NS(=O)(=O)c1nnc(NC(=O)C(C)C)s1. The molecule has 0 saturated carbocycles. The average molecular weight is 398 g/mol. The van der Waals surface area contributed by atoms with Crippen molar-refractivity contribution in [2.24, 2.45) is 5.92 Å². The molecule has 0 saturated heterocycles. The van der Waals surface area contributed by atoms with Gasteiger partial charge >= 0.3 is 5.97 Å². The Kier molecular flexibility index (Phi) is 6.27. The number of hydrogen-bond acceptors (Lipinski definition) is 8. The van der Waals surface area contributed by atoms with E-state index in [1.54, 1.807) is 32.9 Å². The van der Waals surface area contributed by atoms with Gasteiger partial charge in [0.05, 0.1) is 17.9 Å². The molecule has 2 aromatic rings. The Morgan fingerprint density at radius 3 is 2.58 bits per heavy atom. The van der Waals surface area contributed by atoms with Crippen LogP contribution in [0.4, 0.5) is 10.8 Å². The minimum Gasteiger partial charge on any atom is -0.462 e. The van der Waals surface area contributed by atoms with E-state index in [1.807, 2.05) is 0 Å². The summed E-state index contributed by atoms with van der Waals surface area (Å²) in [5, 5.41) is 9.81. The van der Waals surface area contributed by atoms with Crippen LogP contribution in [0.3, 0.4) is 0 Å². The predicted octanol–water partition coefficient (Wildman–Crippen LogP) is 2.11. The predicted molar refractivity (Wildman–Crippen MR) is 96.6 cm³/mol. The number of carbonyl (C=O) groups is 2. The Bertz CT molecular complexity index is 908. The van der Waals surface area contributed by atoms with Gasteiger partial charge in [0.25, 0.3) is 14.4 Å². The van der Waals surface area contributed by atoms with E-state index < -0.39 is 16.0 Å². The normalized spacial score (nSPS) is 11.2. The van der Waals surface area contributed by atoms with Crippen molar-refractivity contribution in [1.82, 2.24) is 10.2 Å². The molecule has 2 N–H and O–H groups in total.